The van der Waals surface area contributed by atoms with Crippen molar-refractivity contribution in [3.05, 3.63) is 46.6 Å². The number of nitrogens with one attached hydrogen (secondary N) is 2. The molecule has 0 spiro atoms. The number of hydrogen-bond donors (Lipinski definition) is 3. The molecule has 1 amide bonds. The molecule has 0 bridgehead atoms. The van der Waals surface area contributed by atoms with E-state index in [-0.39, 0.29) is 11.9 Å². The molecule has 1 aliphatic rings. The molecule has 0 saturated carbocycles. The first kappa shape index (κ1) is 22.7. The third-order valence-corrected chi connectivity index (χ3v) is 4.02. The van der Waals surface area contributed by atoms with Gasteiger partial charge in [0.15, 0.2) is 0 Å². The molecule has 3 N–H and O–H groups in total. The minimum atomic E-state index is -5.08. The maximum absolute atomic E-state index is 11.8. The normalized spacial score (nSPS) is 15.4. The Hall–Kier alpha value is -2.56. The number of carboxylic acid groups (broad SMARTS) is 1. The van der Waals surface area contributed by atoms with Crippen LogP contribution in [0, 0.1) is 0 Å². The van der Waals surface area contributed by atoms with Crippen LogP contribution in [0.3, 0.4) is 0 Å². The standard InChI is InChI=1S/C15H13Cl2N3O2.C2HF3O2/c16-9-1-4-14(19-8-9)22-13-3-2-10(7-11(13)17)20-15(21)12-5-6-18-12;3-2(4,5)1(6)7/h1-4,7-8,12,18H,5-6H2,(H,20,21);(H,6,7). The minimum absolute atomic E-state index is 0.0599. The van der Waals surface area contributed by atoms with Crippen molar-refractivity contribution in [1.82, 2.24) is 10.3 Å². The second-order valence-electron chi connectivity index (χ2n) is 5.65. The van der Waals surface area contributed by atoms with Crippen molar-refractivity contribution < 1.29 is 32.6 Å². The maximum atomic E-state index is 11.8. The predicted molar refractivity (Wildman–Crippen MR) is 99.5 cm³/mol. The Morgan fingerprint density at radius 3 is 2.34 bits per heavy atom. The SMILES string of the molecule is O=C(Nc1ccc(Oc2ccc(Cl)cn2)c(Cl)c1)C1CCN1.O=C(O)C(F)(F)F. The number of nitrogens with zero attached hydrogens (tertiary/aromatic N) is 1. The minimum Gasteiger partial charge on any atom is -0.475 e. The fourth-order valence-corrected chi connectivity index (χ4v) is 2.27. The van der Waals surface area contributed by atoms with Crippen LogP contribution in [0.15, 0.2) is 36.5 Å². The molecule has 0 aliphatic carbocycles. The second-order valence-corrected chi connectivity index (χ2v) is 6.49. The van der Waals surface area contributed by atoms with Crippen LogP contribution < -0.4 is 15.4 Å². The summed E-state index contributed by atoms with van der Waals surface area (Å²) < 4.78 is 37.3. The van der Waals surface area contributed by atoms with E-state index in [1.165, 1.54) is 6.20 Å². The quantitative estimate of drug-likeness (QED) is 0.646. The average Bonchev–Trinajstić information content (AvgIpc) is 2.57. The smallest absolute Gasteiger partial charge is 0.475 e. The van der Waals surface area contributed by atoms with Gasteiger partial charge in [-0.2, -0.15) is 13.2 Å². The molecular weight excluding hydrogens is 438 g/mol. The Kier molecular flexibility index (Phi) is 7.66. The summed E-state index contributed by atoms with van der Waals surface area (Å²) in [6.07, 6.45) is -2.74. The Balaban J connectivity index is 0.000000370. The van der Waals surface area contributed by atoms with Gasteiger partial charge in [0.2, 0.25) is 11.8 Å². The highest BCUT2D eigenvalue weighted by Gasteiger charge is 2.38. The van der Waals surface area contributed by atoms with Gasteiger partial charge in [0.1, 0.15) is 5.75 Å². The van der Waals surface area contributed by atoms with Crippen LogP contribution in [0.1, 0.15) is 6.42 Å². The lowest BCUT2D eigenvalue weighted by molar-refractivity contribution is -0.192. The number of carboxylic acids is 1. The summed E-state index contributed by atoms with van der Waals surface area (Å²) in [5.74, 6) is -1.97. The number of hydrogen-bond acceptors (Lipinski definition) is 5. The summed E-state index contributed by atoms with van der Waals surface area (Å²) >= 11 is 11.9. The van der Waals surface area contributed by atoms with Gasteiger partial charge in [0.05, 0.1) is 16.1 Å². The van der Waals surface area contributed by atoms with Crippen LogP contribution in [0.25, 0.3) is 0 Å². The van der Waals surface area contributed by atoms with E-state index in [0.29, 0.717) is 27.4 Å². The van der Waals surface area contributed by atoms with Crippen molar-refractivity contribution in [3.8, 4) is 11.6 Å². The molecule has 1 aromatic carbocycles. The Morgan fingerprint density at radius 2 is 1.90 bits per heavy atom. The molecule has 29 heavy (non-hydrogen) atoms. The van der Waals surface area contributed by atoms with Crippen LogP contribution in [0.4, 0.5) is 18.9 Å². The fraction of sp³-hybridized carbons (Fsp3) is 0.235. The Morgan fingerprint density at radius 1 is 1.24 bits per heavy atom. The number of pyridine rings is 1. The summed E-state index contributed by atoms with van der Waals surface area (Å²) in [5.41, 5.74) is 0.625. The van der Waals surface area contributed by atoms with E-state index in [1.807, 2.05) is 0 Å². The number of benzene rings is 1. The Labute approximate surface area is 172 Å². The number of aromatic nitrogens is 1. The number of amides is 1. The van der Waals surface area contributed by atoms with Crippen molar-refractivity contribution in [1.29, 1.82) is 0 Å². The zero-order chi connectivity index (χ0) is 21.6. The number of alkyl halides is 3. The largest absolute Gasteiger partial charge is 0.490 e. The number of anilines is 1. The molecule has 156 valence electrons. The van der Waals surface area contributed by atoms with Gasteiger partial charge >= 0.3 is 12.1 Å². The molecule has 0 radical (unpaired) electrons. The zero-order valence-electron chi connectivity index (χ0n) is 14.5. The van der Waals surface area contributed by atoms with Gasteiger partial charge in [-0.1, -0.05) is 23.2 Å². The lowest BCUT2D eigenvalue weighted by Crippen LogP contribution is -2.50. The van der Waals surface area contributed by atoms with Crippen molar-refractivity contribution in [2.45, 2.75) is 18.6 Å². The summed E-state index contributed by atoms with van der Waals surface area (Å²) in [6.45, 7) is 0.875. The van der Waals surface area contributed by atoms with Gasteiger partial charge in [-0.15, -0.1) is 0 Å². The highest BCUT2D eigenvalue weighted by molar-refractivity contribution is 6.32. The van der Waals surface area contributed by atoms with E-state index in [0.717, 1.165) is 13.0 Å². The molecule has 1 aromatic heterocycles. The highest BCUT2D eigenvalue weighted by atomic mass is 35.5. The molecule has 3 rings (SSSR count). The van der Waals surface area contributed by atoms with Gasteiger partial charge in [-0.3, -0.25) is 4.79 Å². The van der Waals surface area contributed by atoms with E-state index >= 15 is 0 Å². The van der Waals surface area contributed by atoms with Crippen molar-refractivity contribution in [2.24, 2.45) is 0 Å². The molecule has 1 aliphatic heterocycles. The summed E-state index contributed by atoms with van der Waals surface area (Å²) in [4.78, 5) is 24.8. The van der Waals surface area contributed by atoms with E-state index in [2.05, 4.69) is 15.6 Å². The second kappa shape index (κ2) is 9.77. The van der Waals surface area contributed by atoms with Crippen LogP contribution in [0.2, 0.25) is 10.0 Å². The van der Waals surface area contributed by atoms with E-state index < -0.39 is 12.1 Å². The Bertz CT molecular complexity index is 875. The molecule has 2 aromatic rings. The first-order valence-electron chi connectivity index (χ1n) is 7.99. The molecule has 7 nitrogen and oxygen atoms in total. The molecule has 1 unspecified atom stereocenters. The predicted octanol–water partition coefficient (Wildman–Crippen LogP) is 4.11. The molecule has 12 heteroatoms. The van der Waals surface area contributed by atoms with Gasteiger partial charge < -0.3 is 20.5 Å². The third kappa shape index (κ3) is 7.08. The van der Waals surface area contributed by atoms with Gasteiger partial charge in [-0.05, 0) is 37.2 Å². The lowest BCUT2D eigenvalue weighted by atomic mass is 10.1. The van der Waals surface area contributed by atoms with Crippen molar-refractivity contribution >= 4 is 40.8 Å². The third-order valence-electron chi connectivity index (χ3n) is 3.50. The van der Waals surface area contributed by atoms with E-state index in [1.54, 1.807) is 30.3 Å². The number of ether oxygens (including phenoxy) is 1. The molecule has 1 saturated heterocycles. The monoisotopic (exact) mass is 451 g/mol. The van der Waals surface area contributed by atoms with Gasteiger partial charge in [0.25, 0.3) is 0 Å². The molecular formula is C17H14Cl2F3N3O4. The first-order chi connectivity index (χ1) is 13.6. The first-order valence-corrected chi connectivity index (χ1v) is 8.75. The van der Waals surface area contributed by atoms with Gasteiger partial charge in [-0.25, -0.2) is 9.78 Å². The molecule has 1 fully saturated rings. The van der Waals surface area contributed by atoms with Crippen molar-refractivity contribution in [2.75, 3.05) is 11.9 Å². The zero-order valence-corrected chi connectivity index (χ0v) is 16.0. The summed E-state index contributed by atoms with van der Waals surface area (Å²) in [5, 5.41) is 13.9. The van der Waals surface area contributed by atoms with Crippen LogP contribution in [0.5, 0.6) is 11.6 Å². The molecule has 1 atom stereocenters. The number of carbonyl (C=O) groups excluding carboxylic acids is 1. The van der Waals surface area contributed by atoms with Crippen LogP contribution in [-0.2, 0) is 9.59 Å². The van der Waals surface area contributed by atoms with Crippen molar-refractivity contribution in [3.63, 3.8) is 0 Å². The summed E-state index contributed by atoms with van der Waals surface area (Å²) in [7, 11) is 0. The number of aliphatic carboxylic acids is 1. The average molecular weight is 452 g/mol. The number of rotatable bonds is 4. The van der Waals surface area contributed by atoms with Gasteiger partial charge in [0, 0.05) is 18.0 Å². The topological polar surface area (TPSA) is 101 Å². The fourth-order valence-electron chi connectivity index (χ4n) is 1.94. The number of halogens is 5. The maximum Gasteiger partial charge on any atom is 0.490 e. The lowest BCUT2D eigenvalue weighted by Gasteiger charge is -2.26. The molecule has 2 heterocycles. The van der Waals surface area contributed by atoms with E-state index in [4.69, 9.17) is 37.8 Å². The summed E-state index contributed by atoms with van der Waals surface area (Å²) in [6, 6.07) is 8.27. The highest BCUT2D eigenvalue weighted by Crippen LogP contribution is 2.31. The van der Waals surface area contributed by atoms with E-state index in [9.17, 15) is 18.0 Å². The number of carbonyl (C=O) groups is 2. The van der Waals surface area contributed by atoms with Crippen LogP contribution in [-0.4, -0.2) is 40.7 Å². The van der Waals surface area contributed by atoms with Crippen LogP contribution >= 0.6 is 23.2 Å².